The molecule has 6 heteroatoms. The zero-order valence-corrected chi connectivity index (χ0v) is 19.9. The fourth-order valence-electron chi connectivity index (χ4n) is 2.54. The van der Waals surface area contributed by atoms with E-state index in [0.29, 0.717) is 10.6 Å². The minimum Gasteiger partial charge on any atom is -0.233 e. The molecule has 0 heterocycles. The number of hydrogen-bond donors (Lipinski definition) is 0. The van der Waals surface area contributed by atoms with Crippen molar-refractivity contribution in [1.29, 1.82) is 0 Å². The third-order valence-electron chi connectivity index (χ3n) is 3.72. The smallest absolute Gasteiger partial charge is 0.132 e. The fraction of sp³-hybridized carbons (Fsp3) is 0.217. The third kappa shape index (κ3) is 7.12. The van der Waals surface area contributed by atoms with Gasteiger partial charge < -0.3 is 0 Å². The van der Waals surface area contributed by atoms with Crippen molar-refractivity contribution in [2.45, 2.75) is 33.7 Å². The van der Waals surface area contributed by atoms with Gasteiger partial charge in [0.15, 0.2) is 0 Å². The molecule has 0 saturated carbocycles. The van der Waals surface area contributed by atoms with E-state index in [1.807, 2.05) is 50.4 Å². The molecule has 0 aliphatic heterocycles. The lowest BCUT2D eigenvalue weighted by atomic mass is 10.3. The van der Waals surface area contributed by atoms with Crippen LogP contribution < -0.4 is 5.30 Å². The van der Waals surface area contributed by atoms with Gasteiger partial charge in [-0.15, -0.1) is 0 Å². The van der Waals surface area contributed by atoms with Gasteiger partial charge in [0.05, 0.1) is 7.43 Å². The summed E-state index contributed by atoms with van der Waals surface area (Å²) in [5, 5.41) is 1.60. The van der Waals surface area contributed by atoms with Crippen LogP contribution in [0, 0.1) is 5.82 Å². The van der Waals surface area contributed by atoms with Crippen molar-refractivity contribution in [2.75, 3.05) is 0 Å². The molecule has 0 radical (unpaired) electrons. The maximum atomic E-state index is 14.9. The van der Waals surface area contributed by atoms with E-state index in [0.717, 1.165) is 5.31 Å². The first-order valence-corrected chi connectivity index (χ1v) is 12.7. The molecule has 1 aromatic carbocycles. The Morgan fingerprint density at radius 3 is 2.31 bits per heavy atom. The second-order valence-electron chi connectivity index (χ2n) is 6.25. The molecule has 0 aliphatic carbocycles. The Bertz CT molecular complexity index is 828. The average molecular weight is 454 g/mol. The van der Waals surface area contributed by atoms with Gasteiger partial charge in [-0.2, -0.15) is 0 Å². The van der Waals surface area contributed by atoms with Crippen LogP contribution in [0.2, 0.25) is 0 Å². The summed E-state index contributed by atoms with van der Waals surface area (Å²) in [7, 11) is -3.01. The second kappa shape index (κ2) is 13.0. The van der Waals surface area contributed by atoms with E-state index in [-0.39, 0.29) is 6.04 Å². The van der Waals surface area contributed by atoms with E-state index in [4.69, 9.17) is 11.2 Å². The predicted molar refractivity (Wildman–Crippen MR) is 129 cm³/mol. The molecule has 0 amide bonds. The first kappa shape index (κ1) is 25.7. The lowest BCUT2D eigenvalue weighted by molar-refractivity contribution is 0.578. The van der Waals surface area contributed by atoms with Gasteiger partial charge in [-0.1, -0.05) is 79.1 Å². The highest BCUT2D eigenvalue weighted by Gasteiger charge is 2.35. The summed E-state index contributed by atoms with van der Waals surface area (Å²) < 4.78 is 31.5. The SMILES string of the molecule is C=C/C=C(\C=C/C)P(Cl)N(C(C)C)P(/C(=C/C=C\C)C(=C)F)c1ccccc1F. The van der Waals surface area contributed by atoms with E-state index in [1.165, 1.54) is 6.07 Å². The maximum Gasteiger partial charge on any atom is 0.132 e. The topological polar surface area (TPSA) is 3.24 Å². The van der Waals surface area contributed by atoms with Crippen LogP contribution in [0.25, 0.3) is 0 Å². The Morgan fingerprint density at radius 2 is 1.83 bits per heavy atom. The van der Waals surface area contributed by atoms with Crippen LogP contribution in [0.3, 0.4) is 0 Å². The molecule has 1 rings (SSSR count). The van der Waals surface area contributed by atoms with Gasteiger partial charge in [0.1, 0.15) is 11.6 Å². The van der Waals surface area contributed by atoms with Crippen molar-refractivity contribution in [3.8, 4) is 0 Å². The molecule has 0 aromatic heterocycles. The minimum absolute atomic E-state index is 0.0730. The summed E-state index contributed by atoms with van der Waals surface area (Å²) in [5.41, 5.74) is 0. The molecular weight excluding hydrogens is 426 g/mol. The van der Waals surface area contributed by atoms with E-state index in [9.17, 15) is 8.78 Å². The molecule has 0 bridgehead atoms. The Balaban J connectivity index is 3.79. The molecule has 1 aromatic rings. The van der Waals surface area contributed by atoms with Gasteiger partial charge >= 0.3 is 0 Å². The van der Waals surface area contributed by atoms with Gasteiger partial charge in [-0.25, -0.2) is 13.2 Å². The molecule has 0 N–H and O–H groups in total. The maximum absolute atomic E-state index is 14.9. The number of rotatable bonds is 10. The van der Waals surface area contributed by atoms with Crippen molar-refractivity contribution in [1.82, 2.24) is 4.44 Å². The largest absolute Gasteiger partial charge is 0.233 e. The number of benzene rings is 1. The zero-order chi connectivity index (χ0) is 22.0. The van der Waals surface area contributed by atoms with Gasteiger partial charge in [-0.3, -0.25) is 0 Å². The Hall–Kier alpha value is -1.37. The molecule has 0 saturated heterocycles. The summed E-state index contributed by atoms with van der Waals surface area (Å²) in [6, 6.07) is 6.38. The van der Waals surface area contributed by atoms with Crippen LogP contribution in [0.1, 0.15) is 27.7 Å². The van der Waals surface area contributed by atoms with E-state index in [1.54, 1.807) is 42.5 Å². The lowest BCUT2D eigenvalue weighted by Gasteiger charge is -2.39. The van der Waals surface area contributed by atoms with Crippen molar-refractivity contribution in [3.63, 3.8) is 0 Å². The number of hydrogen-bond acceptors (Lipinski definition) is 1. The molecule has 0 aliphatic rings. The number of allylic oxidation sites excluding steroid dienone is 10. The highest BCUT2D eigenvalue weighted by Crippen LogP contribution is 2.68. The van der Waals surface area contributed by atoms with Crippen molar-refractivity contribution >= 4 is 32.0 Å². The molecule has 2 unspecified atom stereocenters. The normalized spacial score (nSPS) is 15.5. The summed E-state index contributed by atoms with van der Waals surface area (Å²) in [5.74, 6) is -0.985. The summed E-state index contributed by atoms with van der Waals surface area (Å²) in [6.45, 7) is 15.0. The van der Waals surface area contributed by atoms with E-state index in [2.05, 4.69) is 13.2 Å². The highest BCUT2D eigenvalue weighted by atomic mass is 35.7. The van der Waals surface area contributed by atoms with Crippen LogP contribution in [0.15, 0.2) is 96.4 Å². The van der Waals surface area contributed by atoms with Crippen molar-refractivity contribution < 1.29 is 8.78 Å². The Kier molecular flexibility index (Phi) is 11.5. The van der Waals surface area contributed by atoms with Gasteiger partial charge in [-0.05, 0) is 39.8 Å². The quantitative estimate of drug-likeness (QED) is 0.253. The van der Waals surface area contributed by atoms with Gasteiger partial charge in [0, 0.05) is 30.0 Å². The zero-order valence-electron chi connectivity index (χ0n) is 17.3. The van der Waals surface area contributed by atoms with Crippen LogP contribution in [-0.2, 0) is 0 Å². The first-order chi connectivity index (χ1) is 13.8. The summed E-state index contributed by atoms with van der Waals surface area (Å²) in [4.78, 5) is 0. The van der Waals surface area contributed by atoms with E-state index >= 15 is 0 Å². The average Bonchev–Trinajstić information content (AvgIpc) is 2.67. The highest BCUT2D eigenvalue weighted by molar-refractivity contribution is 7.92. The molecule has 29 heavy (non-hydrogen) atoms. The monoisotopic (exact) mass is 453 g/mol. The summed E-state index contributed by atoms with van der Waals surface area (Å²) >= 11 is 6.97. The molecule has 2 atom stereocenters. The standard InChI is InChI=1S/C23H28ClF2NP2/c1-7-10-16-22(19(6)25)28(23-17-12-11-15-21(23)26)27(18(4)5)29(24)20(13-8-2)14-9-3/h7-18H,2,6H2,1,3-5H3/b10-7-,14-9-,20-13+,22-16+. The van der Waals surface area contributed by atoms with Gasteiger partial charge in [0.25, 0.3) is 0 Å². The van der Waals surface area contributed by atoms with Crippen molar-refractivity contribution in [3.05, 3.63) is 102 Å². The third-order valence-corrected chi connectivity index (χ3v) is 10.3. The van der Waals surface area contributed by atoms with Crippen molar-refractivity contribution in [2.24, 2.45) is 0 Å². The van der Waals surface area contributed by atoms with Crippen LogP contribution in [-0.4, -0.2) is 10.5 Å². The fourth-order valence-corrected chi connectivity index (χ4v) is 8.79. The molecular formula is C23H28ClF2NP2. The summed E-state index contributed by atoms with van der Waals surface area (Å²) in [6.07, 6.45) is 12.5. The second-order valence-corrected chi connectivity index (χ2v) is 11.0. The van der Waals surface area contributed by atoms with Gasteiger partial charge in [0.2, 0.25) is 0 Å². The van der Waals surface area contributed by atoms with Crippen LogP contribution in [0.5, 0.6) is 0 Å². The minimum atomic E-state index is -1.61. The first-order valence-electron chi connectivity index (χ1n) is 9.22. The lowest BCUT2D eigenvalue weighted by Crippen LogP contribution is -2.26. The number of nitrogens with zero attached hydrogens (tertiary/aromatic N) is 1. The number of halogens is 3. The van der Waals surface area contributed by atoms with E-state index < -0.39 is 27.1 Å². The molecule has 0 fully saturated rings. The predicted octanol–water partition coefficient (Wildman–Crippen LogP) is 8.70. The Morgan fingerprint density at radius 1 is 1.17 bits per heavy atom. The molecule has 156 valence electrons. The van der Waals surface area contributed by atoms with Crippen LogP contribution >= 0.6 is 26.7 Å². The Labute approximate surface area is 181 Å². The molecule has 1 nitrogen and oxygen atoms in total. The van der Waals surface area contributed by atoms with Crippen LogP contribution in [0.4, 0.5) is 8.78 Å². The molecule has 0 spiro atoms.